The zero-order valence-electron chi connectivity index (χ0n) is 15.1. The molecule has 2 aromatic rings. The van der Waals surface area contributed by atoms with Gasteiger partial charge in [0.15, 0.2) is 0 Å². The number of carbonyl (C=O) groups is 1. The molecule has 1 saturated heterocycles. The number of anilines is 1. The Kier molecular flexibility index (Phi) is 6.33. The van der Waals surface area contributed by atoms with Gasteiger partial charge in [0, 0.05) is 24.4 Å². The van der Waals surface area contributed by atoms with Crippen molar-refractivity contribution in [3.8, 4) is 0 Å². The van der Waals surface area contributed by atoms with E-state index in [4.69, 9.17) is 0 Å². The van der Waals surface area contributed by atoms with Crippen LogP contribution in [0.25, 0.3) is 6.08 Å². The Balaban J connectivity index is 1.54. The van der Waals surface area contributed by atoms with Crippen LogP contribution in [0.2, 0.25) is 0 Å². The van der Waals surface area contributed by atoms with Crippen LogP contribution >= 0.6 is 0 Å². The fraction of sp³-hybridized carbons (Fsp3) is 0.286. The van der Waals surface area contributed by atoms with Crippen molar-refractivity contribution in [2.24, 2.45) is 0 Å². The molecule has 0 radical (unpaired) electrons. The van der Waals surface area contributed by atoms with Gasteiger partial charge < -0.3 is 10.2 Å². The summed E-state index contributed by atoms with van der Waals surface area (Å²) in [5, 5.41) is 13.8. The molecular weight excluding hydrogens is 342 g/mol. The quantitative estimate of drug-likeness (QED) is 0.459. The van der Waals surface area contributed by atoms with Crippen LogP contribution < -0.4 is 5.32 Å². The Morgan fingerprint density at radius 2 is 1.81 bits per heavy atom. The normalized spacial score (nSPS) is 14.5. The maximum Gasteiger partial charge on any atom is 0.276 e. The lowest BCUT2D eigenvalue weighted by atomic mass is 10.1. The van der Waals surface area contributed by atoms with Crippen molar-refractivity contribution in [3.63, 3.8) is 0 Å². The summed E-state index contributed by atoms with van der Waals surface area (Å²) < 4.78 is 0. The van der Waals surface area contributed by atoms with Gasteiger partial charge in [0.1, 0.15) is 0 Å². The lowest BCUT2D eigenvalue weighted by Crippen LogP contribution is -2.21. The third kappa shape index (κ3) is 5.49. The molecule has 1 aliphatic rings. The molecule has 0 atom stereocenters. The number of nitrogens with one attached hydrogen (secondary N) is 1. The molecule has 0 saturated carbocycles. The van der Waals surface area contributed by atoms with Gasteiger partial charge in [0.05, 0.1) is 10.5 Å². The van der Waals surface area contributed by atoms with Crippen molar-refractivity contribution in [2.75, 3.05) is 25.0 Å². The van der Waals surface area contributed by atoms with Crippen molar-refractivity contribution >= 4 is 23.4 Å². The maximum absolute atomic E-state index is 12.1. The first-order valence-electron chi connectivity index (χ1n) is 9.15. The first-order valence-corrected chi connectivity index (χ1v) is 9.15. The van der Waals surface area contributed by atoms with E-state index in [2.05, 4.69) is 10.2 Å². The SMILES string of the molecule is O=C(/C=C/c1ccccc1[N+](=O)[O-])Nc1ccc(CCN2CCCC2)cc1. The number of likely N-dealkylation sites (tertiary alicyclic amines) is 1. The summed E-state index contributed by atoms with van der Waals surface area (Å²) in [4.78, 5) is 25.1. The van der Waals surface area contributed by atoms with Crippen LogP contribution in [0, 0.1) is 10.1 Å². The van der Waals surface area contributed by atoms with Gasteiger partial charge in [0.25, 0.3) is 5.69 Å². The third-order valence-electron chi connectivity index (χ3n) is 4.68. The van der Waals surface area contributed by atoms with E-state index in [9.17, 15) is 14.9 Å². The highest BCUT2D eigenvalue weighted by molar-refractivity contribution is 6.02. The van der Waals surface area contributed by atoms with Crippen LogP contribution in [-0.2, 0) is 11.2 Å². The summed E-state index contributed by atoms with van der Waals surface area (Å²) in [7, 11) is 0. The number of amides is 1. The van der Waals surface area contributed by atoms with Gasteiger partial charge in [-0.25, -0.2) is 0 Å². The van der Waals surface area contributed by atoms with E-state index in [1.54, 1.807) is 18.2 Å². The molecule has 1 fully saturated rings. The standard InChI is InChI=1S/C21H23N3O3/c25-21(12-9-18-5-1-2-6-20(18)24(26)27)22-19-10-7-17(8-11-19)13-16-23-14-3-4-15-23/h1-2,5-12H,3-4,13-16H2,(H,22,25)/b12-9+. The Morgan fingerprint density at radius 1 is 1.11 bits per heavy atom. The van der Waals surface area contributed by atoms with Crippen molar-refractivity contribution in [3.05, 3.63) is 75.8 Å². The monoisotopic (exact) mass is 365 g/mol. The van der Waals surface area contributed by atoms with Gasteiger partial charge in [-0.3, -0.25) is 14.9 Å². The summed E-state index contributed by atoms with van der Waals surface area (Å²) in [5.74, 6) is -0.321. The molecule has 6 nitrogen and oxygen atoms in total. The van der Waals surface area contributed by atoms with E-state index >= 15 is 0 Å². The molecule has 0 aliphatic carbocycles. The molecule has 27 heavy (non-hydrogen) atoms. The number of nitro benzene ring substituents is 1. The van der Waals surface area contributed by atoms with Gasteiger partial charge in [-0.2, -0.15) is 0 Å². The molecular formula is C21H23N3O3. The lowest BCUT2D eigenvalue weighted by molar-refractivity contribution is -0.385. The van der Waals surface area contributed by atoms with Crippen LogP contribution in [0.4, 0.5) is 11.4 Å². The van der Waals surface area contributed by atoms with Gasteiger partial charge in [-0.05, 0) is 62.2 Å². The van der Waals surface area contributed by atoms with Crippen LogP contribution in [0.5, 0.6) is 0 Å². The van der Waals surface area contributed by atoms with Crippen LogP contribution in [-0.4, -0.2) is 35.4 Å². The predicted octanol–water partition coefficient (Wildman–Crippen LogP) is 3.89. The maximum atomic E-state index is 12.1. The van der Waals surface area contributed by atoms with Crippen molar-refractivity contribution in [2.45, 2.75) is 19.3 Å². The average Bonchev–Trinajstić information content (AvgIpc) is 3.19. The second-order valence-electron chi connectivity index (χ2n) is 6.63. The van der Waals surface area contributed by atoms with E-state index in [0.717, 1.165) is 13.0 Å². The Bertz CT molecular complexity index is 825. The molecule has 0 bridgehead atoms. The fourth-order valence-electron chi connectivity index (χ4n) is 3.19. The second kappa shape index (κ2) is 9.09. The summed E-state index contributed by atoms with van der Waals surface area (Å²) in [5.41, 5.74) is 2.33. The van der Waals surface area contributed by atoms with E-state index in [-0.39, 0.29) is 11.6 Å². The zero-order valence-corrected chi connectivity index (χ0v) is 15.1. The van der Waals surface area contributed by atoms with Crippen LogP contribution in [0.15, 0.2) is 54.6 Å². The number of para-hydroxylation sites is 1. The summed E-state index contributed by atoms with van der Waals surface area (Å²) >= 11 is 0. The average molecular weight is 365 g/mol. The predicted molar refractivity (Wildman–Crippen MR) is 107 cm³/mol. The highest BCUT2D eigenvalue weighted by Crippen LogP contribution is 2.19. The molecule has 140 valence electrons. The minimum absolute atomic E-state index is 0.0242. The molecule has 1 amide bonds. The summed E-state index contributed by atoms with van der Waals surface area (Å²) in [6.45, 7) is 3.46. The van der Waals surface area contributed by atoms with Crippen LogP contribution in [0.1, 0.15) is 24.0 Å². The number of hydrogen-bond donors (Lipinski definition) is 1. The summed E-state index contributed by atoms with van der Waals surface area (Å²) in [6, 6.07) is 14.1. The Hall–Kier alpha value is -2.99. The van der Waals surface area contributed by atoms with E-state index in [0.29, 0.717) is 11.3 Å². The number of benzene rings is 2. The number of carbonyl (C=O) groups excluding carboxylic acids is 1. The second-order valence-corrected chi connectivity index (χ2v) is 6.63. The first-order chi connectivity index (χ1) is 13.1. The summed E-state index contributed by atoms with van der Waals surface area (Å²) in [6.07, 6.45) is 6.36. The molecule has 1 heterocycles. The largest absolute Gasteiger partial charge is 0.323 e. The van der Waals surface area contributed by atoms with Crippen molar-refractivity contribution < 1.29 is 9.72 Å². The van der Waals surface area contributed by atoms with Gasteiger partial charge >= 0.3 is 0 Å². The Labute approximate surface area is 158 Å². The minimum atomic E-state index is -0.460. The highest BCUT2D eigenvalue weighted by atomic mass is 16.6. The molecule has 0 unspecified atom stereocenters. The van der Waals surface area contributed by atoms with Gasteiger partial charge in [0.2, 0.25) is 5.91 Å². The molecule has 0 spiro atoms. The first kappa shape index (κ1) is 18.8. The number of hydrogen-bond acceptors (Lipinski definition) is 4. The number of nitrogens with zero attached hydrogens (tertiary/aromatic N) is 2. The molecule has 6 heteroatoms. The lowest BCUT2D eigenvalue weighted by Gasteiger charge is -2.14. The highest BCUT2D eigenvalue weighted by Gasteiger charge is 2.11. The van der Waals surface area contributed by atoms with E-state index < -0.39 is 4.92 Å². The van der Waals surface area contributed by atoms with Gasteiger partial charge in [-0.1, -0.05) is 24.3 Å². The van der Waals surface area contributed by atoms with Gasteiger partial charge in [-0.15, -0.1) is 0 Å². The number of nitro groups is 1. The molecule has 0 aromatic heterocycles. The third-order valence-corrected chi connectivity index (χ3v) is 4.68. The van der Waals surface area contributed by atoms with Crippen LogP contribution in [0.3, 0.4) is 0 Å². The molecule has 2 aromatic carbocycles. The molecule has 1 aliphatic heterocycles. The molecule has 3 rings (SSSR count). The number of rotatable bonds is 7. The van der Waals surface area contributed by atoms with Crippen molar-refractivity contribution in [1.29, 1.82) is 0 Å². The topological polar surface area (TPSA) is 75.5 Å². The van der Waals surface area contributed by atoms with Crippen molar-refractivity contribution in [1.82, 2.24) is 4.90 Å². The minimum Gasteiger partial charge on any atom is -0.323 e. The molecule has 1 N–H and O–H groups in total. The fourth-order valence-corrected chi connectivity index (χ4v) is 3.19. The van der Waals surface area contributed by atoms with E-state index in [1.807, 2.05) is 24.3 Å². The zero-order chi connectivity index (χ0) is 19.1. The smallest absolute Gasteiger partial charge is 0.276 e. The van der Waals surface area contributed by atoms with E-state index in [1.165, 1.54) is 49.7 Å². The Morgan fingerprint density at radius 3 is 2.52 bits per heavy atom.